The van der Waals surface area contributed by atoms with Crippen LogP contribution >= 0.6 is 0 Å². The molecule has 3 rings (SSSR count). The van der Waals surface area contributed by atoms with E-state index in [4.69, 9.17) is 19.7 Å². The van der Waals surface area contributed by atoms with E-state index in [0.717, 1.165) is 6.42 Å². The predicted molar refractivity (Wildman–Crippen MR) is 63.6 cm³/mol. The van der Waals surface area contributed by atoms with E-state index in [0.29, 0.717) is 36.0 Å². The van der Waals surface area contributed by atoms with Gasteiger partial charge in [0.1, 0.15) is 5.69 Å². The molecule has 1 aromatic heterocycles. The highest BCUT2D eigenvalue weighted by molar-refractivity contribution is 5.74. The molecule has 0 fully saturated rings. The Kier molecular flexibility index (Phi) is 2.47. The standard InChI is InChI=1S/C12H12N2O4/c13-10-6-8(14-18-10)7-2-3-9-12(11(7)15)17-5-1-4-16-9/h2-3,6,15H,1,4-5,13H2. The van der Waals surface area contributed by atoms with Crippen molar-refractivity contribution in [3.63, 3.8) is 0 Å². The SMILES string of the molecule is Nc1cc(-c2ccc3c(c2O)OCCCO3)no1. The van der Waals surface area contributed by atoms with Gasteiger partial charge in [-0.05, 0) is 12.1 Å². The van der Waals surface area contributed by atoms with Crippen LogP contribution in [-0.2, 0) is 0 Å². The van der Waals surface area contributed by atoms with Crippen molar-refractivity contribution in [2.24, 2.45) is 0 Å². The molecule has 0 unspecified atom stereocenters. The van der Waals surface area contributed by atoms with Crippen molar-refractivity contribution in [3.05, 3.63) is 18.2 Å². The van der Waals surface area contributed by atoms with Gasteiger partial charge in [-0.1, -0.05) is 5.16 Å². The summed E-state index contributed by atoms with van der Waals surface area (Å²) < 4.78 is 15.7. The number of ether oxygens (including phenoxy) is 2. The van der Waals surface area contributed by atoms with E-state index >= 15 is 0 Å². The van der Waals surface area contributed by atoms with Gasteiger partial charge in [-0.3, -0.25) is 0 Å². The van der Waals surface area contributed by atoms with Crippen molar-refractivity contribution in [1.82, 2.24) is 5.16 Å². The van der Waals surface area contributed by atoms with Crippen molar-refractivity contribution in [2.45, 2.75) is 6.42 Å². The van der Waals surface area contributed by atoms with Gasteiger partial charge in [0.05, 0.1) is 13.2 Å². The van der Waals surface area contributed by atoms with Crippen LogP contribution in [0.2, 0.25) is 0 Å². The maximum absolute atomic E-state index is 10.2. The molecule has 0 radical (unpaired) electrons. The third-order valence-electron chi connectivity index (χ3n) is 2.69. The minimum Gasteiger partial charge on any atom is -0.504 e. The van der Waals surface area contributed by atoms with Crippen LogP contribution in [0.3, 0.4) is 0 Å². The molecule has 0 bridgehead atoms. The first-order valence-corrected chi connectivity index (χ1v) is 5.60. The fraction of sp³-hybridized carbons (Fsp3) is 0.250. The van der Waals surface area contributed by atoms with Gasteiger partial charge < -0.3 is 24.8 Å². The second-order valence-electron chi connectivity index (χ2n) is 3.95. The number of nitrogens with zero attached hydrogens (tertiary/aromatic N) is 1. The highest BCUT2D eigenvalue weighted by Crippen LogP contribution is 2.44. The second-order valence-corrected chi connectivity index (χ2v) is 3.95. The smallest absolute Gasteiger partial charge is 0.222 e. The molecule has 0 spiro atoms. The molecular formula is C12H12N2O4. The number of rotatable bonds is 1. The molecule has 18 heavy (non-hydrogen) atoms. The number of nitrogens with two attached hydrogens (primary N) is 1. The van der Waals surface area contributed by atoms with E-state index in [-0.39, 0.29) is 11.6 Å². The van der Waals surface area contributed by atoms with Gasteiger partial charge in [0.2, 0.25) is 11.6 Å². The van der Waals surface area contributed by atoms with E-state index in [1.807, 2.05) is 0 Å². The topological polar surface area (TPSA) is 90.7 Å². The van der Waals surface area contributed by atoms with Gasteiger partial charge in [0, 0.05) is 18.1 Å². The largest absolute Gasteiger partial charge is 0.504 e. The number of aromatic nitrogens is 1. The van der Waals surface area contributed by atoms with Gasteiger partial charge in [-0.25, -0.2) is 0 Å². The van der Waals surface area contributed by atoms with Crippen LogP contribution in [0, 0.1) is 0 Å². The first kappa shape index (κ1) is 10.8. The van der Waals surface area contributed by atoms with Crippen LogP contribution < -0.4 is 15.2 Å². The molecule has 2 aromatic rings. The quantitative estimate of drug-likeness (QED) is 0.799. The summed E-state index contributed by atoms with van der Waals surface area (Å²) in [5, 5.41) is 14.0. The molecular weight excluding hydrogens is 236 g/mol. The van der Waals surface area contributed by atoms with Crippen LogP contribution in [0.4, 0.5) is 5.88 Å². The Balaban J connectivity index is 2.09. The first-order chi connectivity index (χ1) is 8.75. The Bertz CT molecular complexity index is 579. The molecule has 0 saturated carbocycles. The number of benzene rings is 1. The lowest BCUT2D eigenvalue weighted by atomic mass is 10.1. The molecule has 1 aliphatic rings. The minimum absolute atomic E-state index is 0.0114. The zero-order chi connectivity index (χ0) is 12.5. The van der Waals surface area contributed by atoms with E-state index in [9.17, 15) is 5.11 Å². The first-order valence-electron chi connectivity index (χ1n) is 5.60. The number of aromatic hydroxyl groups is 1. The van der Waals surface area contributed by atoms with Crippen molar-refractivity contribution in [3.8, 4) is 28.5 Å². The van der Waals surface area contributed by atoms with E-state index in [1.165, 1.54) is 0 Å². The number of anilines is 1. The van der Waals surface area contributed by atoms with Crippen LogP contribution in [0.5, 0.6) is 17.2 Å². The van der Waals surface area contributed by atoms with Crippen molar-refractivity contribution >= 4 is 5.88 Å². The van der Waals surface area contributed by atoms with Crippen molar-refractivity contribution < 1.29 is 19.1 Å². The van der Waals surface area contributed by atoms with E-state index in [2.05, 4.69) is 5.16 Å². The number of phenols is 1. The molecule has 2 heterocycles. The predicted octanol–water partition coefficient (Wildman–Crippen LogP) is 1.79. The van der Waals surface area contributed by atoms with Gasteiger partial charge in [0.15, 0.2) is 11.5 Å². The molecule has 0 aliphatic carbocycles. The van der Waals surface area contributed by atoms with Gasteiger partial charge in [-0.2, -0.15) is 0 Å². The minimum atomic E-state index is -0.0114. The maximum Gasteiger partial charge on any atom is 0.222 e. The van der Waals surface area contributed by atoms with Crippen LogP contribution in [0.1, 0.15) is 6.42 Å². The summed E-state index contributed by atoms with van der Waals surface area (Å²) in [6, 6.07) is 4.97. The van der Waals surface area contributed by atoms with Gasteiger partial charge >= 0.3 is 0 Å². The summed E-state index contributed by atoms with van der Waals surface area (Å²) in [7, 11) is 0. The number of hydrogen-bond donors (Lipinski definition) is 2. The maximum atomic E-state index is 10.2. The lowest BCUT2D eigenvalue weighted by Gasteiger charge is -2.10. The van der Waals surface area contributed by atoms with Crippen molar-refractivity contribution in [2.75, 3.05) is 18.9 Å². The van der Waals surface area contributed by atoms with Crippen LogP contribution in [0.15, 0.2) is 22.7 Å². The molecule has 6 nitrogen and oxygen atoms in total. The average Bonchev–Trinajstić information content (AvgIpc) is 2.65. The number of hydrogen-bond acceptors (Lipinski definition) is 6. The molecule has 1 aliphatic heterocycles. The van der Waals surface area contributed by atoms with Gasteiger partial charge in [-0.15, -0.1) is 0 Å². The Morgan fingerprint density at radius 3 is 2.83 bits per heavy atom. The number of nitrogen functional groups attached to an aromatic ring is 1. The van der Waals surface area contributed by atoms with Crippen LogP contribution in [-0.4, -0.2) is 23.5 Å². The zero-order valence-electron chi connectivity index (χ0n) is 9.55. The molecule has 3 N–H and O–H groups in total. The summed E-state index contributed by atoms with van der Waals surface area (Å²) in [6.45, 7) is 1.08. The molecule has 94 valence electrons. The third kappa shape index (κ3) is 1.71. The molecule has 0 atom stereocenters. The summed E-state index contributed by atoms with van der Waals surface area (Å²) in [5.74, 6) is 1.05. The lowest BCUT2D eigenvalue weighted by molar-refractivity contribution is 0.291. The number of phenolic OH excluding ortho intramolecular Hbond substituents is 1. The van der Waals surface area contributed by atoms with E-state index in [1.54, 1.807) is 18.2 Å². The monoisotopic (exact) mass is 248 g/mol. The average molecular weight is 248 g/mol. The zero-order valence-corrected chi connectivity index (χ0v) is 9.55. The summed E-state index contributed by atoms with van der Waals surface area (Å²) >= 11 is 0. The number of fused-ring (bicyclic) bond motifs is 1. The van der Waals surface area contributed by atoms with Gasteiger partial charge in [0.25, 0.3) is 0 Å². The summed E-state index contributed by atoms with van der Waals surface area (Å²) in [4.78, 5) is 0. The lowest BCUT2D eigenvalue weighted by Crippen LogP contribution is -1.97. The fourth-order valence-electron chi connectivity index (χ4n) is 1.84. The Hall–Kier alpha value is -2.37. The Labute approximate surface area is 103 Å². The summed E-state index contributed by atoms with van der Waals surface area (Å²) in [6.07, 6.45) is 0.778. The normalized spacial score (nSPS) is 14.2. The van der Waals surface area contributed by atoms with Crippen molar-refractivity contribution in [1.29, 1.82) is 0 Å². The highest BCUT2D eigenvalue weighted by atomic mass is 16.5. The van der Waals surface area contributed by atoms with Crippen LogP contribution in [0.25, 0.3) is 11.3 Å². The molecule has 1 aromatic carbocycles. The molecule has 0 amide bonds. The third-order valence-corrected chi connectivity index (χ3v) is 2.69. The fourth-order valence-corrected chi connectivity index (χ4v) is 1.84. The molecule has 6 heteroatoms. The highest BCUT2D eigenvalue weighted by Gasteiger charge is 2.20. The Morgan fingerprint density at radius 2 is 2.06 bits per heavy atom. The molecule has 0 saturated heterocycles. The summed E-state index contributed by atoms with van der Waals surface area (Å²) in [5.41, 5.74) is 6.42. The Morgan fingerprint density at radius 1 is 1.22 bits per heavy atom. The second kappa shape index (κ2) is 4.14. The van der Waals surface area contributed by atoms with E-state index < -0.39 is 0 Å².